The number of ether oxygens (including phenoxy) is 2. The van der Waals surface area contributed by atoms with Crippen LogP contribution in [-0.4, -0.2) is 19.0 Å². The van der Waals surface area contributed by atoms with Crippen molar-refractivity contribution >= 4 is 23.1 Å². The van der Waals surface area contributed by atoms with E-state index in [0.717, 1.165) is 18.6 Å². The smallest absolute Gasteiger partial charge is 0.162 e. The van der Waals surface area contributed by atoms with Crippen LogP contribution in [0.4, 0.5) is 5.69 Å². The fourth-order valence-electron chi connectivity index (χ4n) is 2.19. The number of carbonyl (C=O) groups is 1. The molecule has 2 rings (SSSR count). The average Bonchev–Trinajstić information content (AvgIpc) is 2.57. The number of Topliss-reactive ketones (excluding diaryl/α,β-unsaturated/α-hetero) is 1. The number of nitrogen functional groups attached to an aromatic ring is 1. The Morgan fingerprint density at radius 1 is 1.08 bits per heavy atom. The maximum atomic E-state index is 11.8. The van der Waals surface area contributed by atoms with Gasteiger partial charge in [0.15, 0.2) is 5.78 Å². The highest BCUT2D eigenvalue weighted by Crippen LogP contribution is 2.23. The van der Waals surface area contributed by atoms with E-state index >= 15 is 0 Å². The van der Waals surface area contributed by atoms with Crippen molar-refractivity contribution in [2.75, 3.05) is 18.9 Å². The summed E-state index contributed by atoms with van der Waals surface area (Å²) in [5.74, 6) is 1.47. The predicted molar refractivity (Wildman–Crippen MR) is 97.2 cm³/mol. The van der Waals surface area contributed by atoms with Crippen LogP contribution in [0.3, 0.4) is 0 Å². The molecule has 0 saturated heterocycles. The molecule has 0 heterocycles. The second-order valence-corrected chi connectivity index (χ2v) is 5.87. The van der Waals surface area contributed by atoms with Gasteiger partial charge >= 0.3 is 0 Å². The van der Waals surface area contributed by atoms with E-state index < -0.39 is 0 Å². The molecule has 0 radical (unpaired) electrons. The number of nitrogens with two attached hydrogens (primary N) is 1. The van der Waals surface area contributed by atoms with Crippen LogP contribution in [0.2, 0.25) is 5.02 Å². The van der Waals surface area contributed by atoms with Crippen LogP contribution in [-0.2, 0) is 0 Å². The van der Waals surface area contributed by atoms with Gasteiger partial charge in [0.1, 0.15) is 11.5 Å². The highest BCUT2D eigenvalue weighted by Gasteiger charge is 2.08. The molecule has 0 atom stereocenters. The van der Waals surface area contributed by atoms with E-state index in [1.165, 1.54) is 0 Å². The highest BCUT2D eigenvalue weighted by molar-refractivity contribution is 6.30. The molecule has 0 amide bonds. The van der Waals surface area contributed by atoms with Crippen molar-refractivity contribution in [2.24, 2.45) is 0 Å². The Morgan fingerprint density at radius 2 is 1.79 bits per heavy atom. The van der Waals surface area contributed by atoms with Crippen molar-refractivity contribution in [3.05, 3.63) is 53.1 Å². The zero-order valence-electron chi connectivity index (χ0n) is 13.8. The van der Waals surface area contributed by atoms with Crippen molar-refractivity contribution in [2.45, 2.75) is 26.2 Å². The van der Waals surface area contributed by atoms with Crippen molar-refractivity contribution in [1.29, 1.82) is 0 Å². The molecule has 0 spiro atoms. The fourth-order valence-corrected chi connectivity index (χ4v) is 2.31. The summed E-state index contributed by atoms with van der Waals surface area (Å²) < 4.78 is 11.2. The third-order valence-corrected chi connectivity index (χ3v) is 3.69. The molecule has 0 unspecified atom stereocenters. The van der Waals surface area contributed by atoms with E-state index in [1.54, 1.807) is 30.3 Å². The van der Waals surface area contributed by atoms with Crippen LogP contribution >= 0.6 is 11.6 Å². The molecule has 0 saturated carbocycles. The van der Waals surface area contributed by atoms with E-state index in [1.807, 2.05) is 19.1 Å². The summed E-state index contributed by atoms with van der Waals surface area (Å²) in [5, 5.41) is 0.682. The number of halogens is 1. The van der Waals surface area contributed by atoms with Crippen molar-refractivity contribution in [3.8, 4) is 11.5 Å². The molecule has 5 heteroatoms. The predicted octanol–water partition coefficient (Wildman–Crippen LogP) is 4.75. The number of anilines is 1. The molecule has 0 bridgehead atoms. The van der Waals surface area contributed by atoms with Gasteiger partial charge in [-0.25, -0.2) is 0 Å². The first-order chi connectivity index (χ1) is 11.6. The largest absolute Gasteiger partial charge is 0.493 e. The highest BCUT2D eigenvalue weighted by atomic mass is 35.5. The van der Waals surface area contributed by atoms with Gasteiger partial charge in [0.2, 0.25) is 0 Å². The summed E-state index contributed by atoms with van der Waals surface area (Å²) in [6, 6.07) is 12.4. The lowest BCUT2D eigenvalue weighted by Crippen LogP contribution is -2.07. The normalized spacial score (nSPS) is 10.4. The standard InChI is InChI=1S/C19H22ClNO3/c1-2-4-18(22)14-5-10-19(17(21)13-14)24-12-3-11-23-16-8-6-15(20)7-9-16/h5-10,13H,2-4,11-12,21H2,1H3. The molecule has 2 N–H and O–H groups in total. The minimum atomic E-state index is 0.104. The molecule has 0 aliphatic carbocycles. The Bertz CT molecular complexity index is 671. The third kappa shape index (κ3) is 5.46. The summed E-state index contributed by atoms with van der Waals surface area (Å²) in [5.41, 5.74) is 7.07. The number of hydrogen-bond donors (Lipinski definition) is 1. The molecule has 4 nitrogen and oxygen atoms in total. The van der Waals surface area contributed by atoms with Crippen LogP contribution in [0.25, 0.3) is 0 Å². The number of rotatable bonds is 9. The first-order valence-electron chi connectivity index (χ1n) is 8.04. The summed E-state index contributed by atoms with van der Waals surface area (Å²) in [7, 11) is 0. The molecule has 2 aromatic rings. The second-order valence-electron chi connectivity index (χ2n) is 5.43. The Kier molecular flexibility index (Phi) is 6.94. The molecule has 0 aliphatic heterocycles. The molecular formula is C19H22ClNO3. The summed E-state index contributed by atoms with van der Waals surface area (Å²) in [6.45, 7) is 3.00. The number of carbonyl (C=O) groups excluding carboxylic acids is 1. The Balaban J connectivity index is 1.76. The number of benzene rings is 2. The zero-order chi connectivity index (χ0) is 17.4. The zero-order valence-corrected chi connectivity index (χ0v) is 14.5. The molecule has 24 heavy (non-hydrogen) atoms. The average molecular weight is 348 g/mol. The molecule has 0 fully saturated rings. The monoisotopic (exact) mass is 347 g/mol. The van der Waals surface area contributed by atoms with Gasteiger partial charge in [-0.15, -0.1) is 0 Å². The van der Waals surface area contributed by atoms with Gasteiger partial charge in [-0.2, -0.15) is 0 Å². The fraction of sp³-hybridized carbons (Fsp3) is 0.316. The van der Waals surface area contributed by atoms with Gasteiger partial charge in [-0.1, -0.05) is 18.5 Å². The van der Waals surface area contributed by atoms with Crippen LogP contribution < -0.4 is 15.2 Å². The maximum Gasteiger partial charge on any atom is 0.162 e. The van der Waals surface area contributed by atoms with Gasteiger partial charge < -0.3 is 15.2 Å². The molecule has 2 aromatic carbocycles. The van der Waals surface area contributed by atoms with E-state index in [2.05, 4.69) is 0 Å². The summed E-state index contributed by atoms with van der Waals surface area (Å²) in [6.07, 6.45) is 2.07. The molecule has 0 aromatic heterocycles. The Morgan fingerprint density at radius 3 is 2.46 bits per heavy atom. The van der Waals surface area contributed by atoms with Crippen LogP contribution in [0.5, 0.6) is 11.5 Å². The van der Waals surface area contributed by atoms with E-state index in [-0.39, 0.29) is 5.78 Å². The minimum Gasteiger partial charge on any atom is -0.493 e. The van der Waals surface area contributed by atoms with Gasteiger partial charge in [0.25, 0.3) is 0 Å². The molecule has 0 aliphatic rings. The molecule has 128 valence electrons. The van der Waals surface area contributed by atoms with Gasteiger partial charge in [-0.3, -0.25) is 4.79 Å². The maximum absolute atomic E-state index is 11.8. The van der Waals surface area contributed by atoms with Crippen LogP contribution in [0, 0.1) is 0 Å². The lowest BCUT2D eigenvalue weighted by Gasteiger charge is -2.11. The first-order valence-corrected chi connectivity index (χ1v) is 8.42. The van der Waals surface area contributed by atoms with Crippen molar-refractivity contribution in [3.63, 3.8) is 0 Å². The Hall–Kier alpha value is -2.20. The van der Waals surface area contributed by atoms with Gasteiger partial charge in [0.05, 0.1) is 18.9 Å². The SMILES string of the molecule is CCCC(=O)c1ccc(OCCCOc2ccc(Cl)cc2)c(N)c1. The van der Waals surface area contributed by atoms with E-state index in [0.29, 0.717) is 41.7 Å². The lowest BCUT2D eigenvalue weighted by molar-refractivity contribution is 0.0982. The number of hydrogen-bond acceptors (Lipinski definition) is 4. The van der Waals surface area contributed by atoms with Crippen molar-refractivity contribution in [1.82, 2.24) is 0 Å². The quantitative estimate of drug-likeness (QED) is 0.404. The van der Waals surface area contributed by atoms with Crippen molar-refractivity contribution < 1.29 is 14.3 Å². The van der Waals surface area contributed by atoms with E-state index in [4.69, 9.17) is 26.8 Å². The lowest BCUT2D eigenvalue weighted by atomic mass is 10.1. The van der Waals surface area contributed by atoms with Gasteiger partial charge in [-0.05, 0) is 48.9 Å². The number of ketones is 1. The Labute approximate surface area is 147 Å². The van der Waals surface area contributed by atoms with E-state index in [9.17, 15) is 4.79 Å². The van der Waals surface area contributed by atoms with Crippen LogP contribution in [0.1, 0.15) is 36.5 Å². The second kappa shape index (κ2) is 9.18. The third-order valence-electron chi connectivity index (χ3n) is 3.44. The summed E-state index contributed by atoms with van der Waals surface area (Å²) >= 11 is 5.82. The first kappa shape index (κ1) is 18.1. The minimum absolute atomic E-state index is 0.104. The summed E-state index contributed by atoms with van der Waals surface area (Å²) in [4.78, 5) is 11.8. The van der Waals surface area contributed by atoms with Crippen LogP contribution in [0.15, 0.2) is 42.5 Å². The van der Waals surface area contributed by atoms with Gasteiger partial charge in [0, 0.05) is 23.4 Å². The molecular weight excluding hydrogens is 326 g/mol. The topological polar surface area (TPSA) is 61.5 Å².